The predicted molar refractivity (Wildman–Crippen MR) is 98.8 cm³/mol. The topological polar surface area (TPSA) is 113 Å². The number of carbonyl (C=O) groups excluding carboxylic acids is 1. The first-order chi connectivity index (χ1) is 12.8. The molecule has 1 aliphatic heterocycles. The number of ether oxygens (including phenoxy) is 1. The van der Waals surface area contributed by atoms with Crippen molar-refractivity contribution in [3.63, 3.8) is 0 Å². The Morgan fingerprint density at radius 1 is 1.19 bits per heavy atom. The Morgan fingerprint density at radius 2 is 1.81 bits per heavy atom. The van der Waals surface area contributed by atoms with Gasteiger partial charge in [0, 0.05) is 26.6 Å². The van der Waals surface area contributed by atoms with Crippen LogP contribution in [0.2, 0.25) is 0 Å². The summed E-state index contributed by atoms with van der Waals surface area (Å²) in [6.45, 7) is 0.997. The van der Waals surface area contributed by atoms with Gasteiger partial charge in [-0.1, -0.05) is 18.6 Å². The number of carboxylic acid groups (broad SMARTS) is 1. The van der Waals surface area contributed by atoms with Gasteiger partial charge in [-0.15, -0.1) is 0 Å². The zero-order valence-corrected chi connectivity index (χ0v) is 16.2. The van der Waals surface area contributed by atoms with E-state index in [1.807, 2.05) is 0 Å². The molecule has 1 atom stereocenters. The van der Waals surface area contributed by atoms with Crippen LogP contribution in [0.3, 0.4) is 0 Å². The van der Waals surface area contributed by atoms with Gasteiger partial charge in [-0.3, -0.25) is 4.79 Å². The van der Waals surface area contributed by atoms with Gasteiger partial charge in [0.05, 0.1) is 11.5 Å². The summed E-state index contributed by atoms with van der Waals surface area (Å²) in [5.74, 6) is -1.55. The number of sulfonamides is 1. The minimum Gasteiger partial charge on any atom is -0.480 e. The highest BCUT2D eigenvalue weighted by molar-refractivity contribution is 7.89. The van der Waals surface area contributed by atoms with E-state index < -0.39 is 27.9 Å². The fourth-order valence-electron chi connectivity index (χ4n) is 2.95. The number of benzene rings is 1. The maximum absolute atomic E-state index is 12.6. The first-order valence-electron chi connectivity index (χ1n) is 8.95. The van der Waals surface area contributed by atoms with E-state index in [1.54, 1.807) is 24.3 Å². The van der Waals surface area contributed by atoms with Crippen molar-refractivity contribution in [2.45, 2.75) is 43.0 Å². The lowest BCUT2D eigenvalue weighted by Crippen LogP contribution is -2.43. The number of nitrogens with one attached hydrogen (secondary N) is 1. The van der Waals surface area contributed by atoms with Gasteiger partial charge in [0.15, 0.2) is 6.04 Å². The van der Waals surface area contributed by atoms with Crippen molar-refractivity contribution < 1.29 is 27.9 Å². The van der Waals surface area contributed by atoms with Crippen LogP contribution in [0.1, 0.15) is 31.2 Å². The fraction of sp³-hybridized carbons (Fsp3) is 0.556. The lowest BCUT2D eigenvalue weighted by atomic mass is 10.1. The lowest BCUT2D eigenvalue weighted by Gasteiger charge is -2.25. The van der Waals surface area contributed by atoms with Gasteiger partial charge in [-0.05, 0) is 37.0 Å². The minimum atomic E-state index is -3.47. The molecule has 27 heavy (non-hydrogen) atoms. The van der Waals surface area contributed by atoms with E-state index in [9.17, 15) is 18.0 Å². The molecule has 9 heteroatoms. The van der Waals surface area contributed by atoms with Crippen LogP contribution < -0.4 is 5.32 Å². The SMILES string of the molecule is COCC(NC(=O)CCc1ccc(S(=O)(=O)N2CCCCC2)cc1)C(=O)O. The normalized spacial score (nSPS) is 16.6. The molecule has 2 rings (SSSR count). The van der Waals surface area contributed by atoms with Gasteiger partial charge < -0.3 is 15.2 Å². The third kappa shape index (κ3) is 6.02. The molecule has 1 unspecified atom stereocenters. The van der Waals surface area contributed by atoms with Gasteiger partial charge >= 0.3 is 5.97 Å². The van der Waals surface area contributed by atoms with Crippen molar-refractivity contribution >= 4 is 21.9 Å². The van der Waals surface area contributed by atoms with Crippen molar-refractivity contribution in [1.82, 2.24) is 9.62 Å². The van der Waals surface area contributed by atoms with Gasteiger partial charge in [0.1, 0.15) is 0 Å². The van der Waals surface area contributed by atoms with Crippen molar-refractivity contribution in [2.24, 2.45) is 0 Å². The van der Waals surface area contributed by atoms with E-state index >= 15 is 0 Å². The molecule has 150 valence electrons. The van der Waals surface area contributed by atoms with Crippen molar-refractivity contribution in [1.29, 1.82) is 0 Å². The number of piperidine rings is 1. The number of methoxy groups -OCH3 is 1. The summed E-state index contributed by atoms with van der Waals surface area (Å²) in [4.78, 5) is 23.2. The van der Waals surface area contributed by atoms with Crippen LogP contribution in [0.25, 0.3) is 0 Å². The van der Waals surface area contributed by atoms with Crippen LogP contribution in [-0.2, 0) is 30.8 Å². The van der Waals surface area contributed by atoms with Crippen molar-refractivity contribution in [3.05, 3.63) is 29.8 Å². The standard InChI is InChI=1S/C18H26N2O6S/c1-26-13-16(18(22)23)19-17(21)10-7-14-5-8-15(9-6-14)27(24,25)20-11-3-2-4-12-20/h5-6,8-9,16H,2-4,7,10-13H2,1H3,(H,19,21)(H,22,23). The summed E-state index contributed by atoms with van der Waals surface area (Å²) in [5.41, 5.74) is 0.807. The largest absolute Gasteiger partial charge is 0.480 e. The maximum Gasteiger partial charge on any atom is 0.328 e. The van der Waals surface area contributed by atoms with E-state index in [0.717, 1.165) is 24.8 Å². The number of aryl methyl sites for hydroxylation is 1. The summed E-state index contributed by atoms with van der Waals surface area (Å²) in [6.07, 6.45) is 3.31. The van der Waals surface area contributed by atoms with Crippen LogP contribution in [-0.4, -0.2) is 62.6 Å². The maximum atomic E-state index is 12.6. The molecule has 1 aromatic rings. The highest BCUT2D eigenvalue weighted by atomic mass is 32.2. The molecule has 0 saturated carbocycles. The second kappa shape index (κ2) is 9.82. The number of amides is 1. The highest BCUT2D eigenvalue weighted by Crippen LogP contribution is 2.21. The summed E-state index contributed by atoms with van der Waals surface area (Å²) in [5, 5.41) is 11.4. The Hall–Kier alpha value is -1.97. The van der Waals surface area contributed by atoms with E-state index in [-0.39, 0.29) is 17.9 Å². The molecule has 8 nitrogen and oxygen atoms in total. The summed E-state index contributed by atoms with van der Waals surface area (Å²) in [7, 11) is -2.10. The molecule has 1 aliphatic rings. The number of nitrogens with zero attached hydrogens (tertiary/aromatic N) is 1. The first-order valence-corrected chi connectivity index (χ1v) is 10.4. The van der Waals surface area contributed by atoms with Crippen molar-refractivity contribution in [2.75, 3.05) is 26.8 Å². The van der Waals surface area contributed by atoms with E-state index in [0.29, 0.717) is 19.5 Å². The number of hydrogen-bond acceptors (Lipinski definition) is 5. The number of carboxylic acids is 1. The molecule has 2 N–H and O–H groups in total. The molecule has 0 spiro atoms. The Bertz CT molecular complexity index is 742. The number of hydrogen-bond donors (Lipinski definition) is 2. The molecule has 1 fully saturated rings. The van der Waals surface area contributed by atoms with E-state index in [4.69, 9.17) is 9.84 Å². The van der Waals surface area contributed by atoms with Gasteiger partial charge in [-0.2, -0.15) is 4.31 Å². The van der Waals surface area contributed by atoms with Gasteiger partial charge in [-0.25, -0.2) is 13.2 Å². The zero-order chi connectivity index (χ0) is 19.9. The molecular formula is C18H26N2O6S. The average Bonchev–Trinajstić information content (AvgIpc) is 2.67. The van der Waals surface area contributed by atoms with Crippen LogP contribution >= 0.6 is 0 Å². The second-order valence-electron chi connectivity index (χ2n) is 6.52. The molecule has 1 heterocycles. The Morgan fingerprint density at radius 3 is 2.37 bits per heavy atom. The fourth-order valence-corrected chi connectivity index (χ4v) is 4.47. The highest BCUT2D eigenvalue weighted by Gasteiger charge is 2.25. The first kappa shape index (κ1) is 21.3. The molecular weight excluding hydrogens is 372 g/mol. The third-order valence-electron chi connectivity index (χ3n) is 4.48. The average molecular weight is 398 g/mol. The van der Waals surface area contributed by atoms with Crippen LogP contribution in [0, 0.1) is 0 Å². The van der Waals surface area contributed by atoms with Crippen LogP contribution in [0.4, 0.5) is 0 Å². The third-order valence-corrected chi connectivity index (χ3v) is 6.40. The minimum absolute atomic E-state index is 0.103. The monoisotopic (exact) mass is 398 g/mol. The Kier molecular flexibility index (Phi) is 7.76. The molecule has 1 aromatic carbocycles. The summed E-state index contributed by atoms with van der Waals surface area (Å²) >= 11 is 0. The zero-order valence-electron chi connectivity index (χ0n) is 15.4. The summed E-state index contributed by atoms with van der Waals surface area (Å²) < 4.78 is 31.5. The van der Waals surface area contributed by atoms with Crippen molar-refractivity contribution in [3.8, 4) is 0 Å². The summed E-state index contributed by atoms with van der Waals surface area (Å²) in [6, 6.07) is 5.41. The molecule has 1 amide bonds. The molecule has 0 bridgehead atoms. The van der Waals surface area contributed by atoms with E-state index in [1.165, 1.54) is 11.4 Å². The Labute approximate surface area is 159 Å². The number of aliphatic carboxylic acids is 1. The van der Waals surface area contributed by atoms with Crippen LogP contribution in [0.15, 0.2) is 29.2 Å². The predicted octanol–water partition coefficient (Wildman–Crippen LogP) is 1.01. The molecule has 0 aromatic heterocycles. The van der Waals surface area contributed by atoms with E-state index in [2.05, 4.69) is 5.32 Å². The van der Waals surface area contributed by atoms with Gasteiger partial charge in [0.25, 0.3) is 0 Å². The number of rotatable bonds is 9. The number of carbonyl (C=O) groups is 2. The lowest BCUT2D eigenvalue weighted by molar-refractivity contribution is -0.143. The van der Waals surface area contributed by atoms with Gasteiger partial charge in [0.2, 0.25) is 15.9 Å². The quantitative estimate of drug-likeness (QED) is 0.642. The van der Waals surface area contributed by atoms with Crippen LogP contribution in [0.5, 0.6) is 0 Å². The molecule has 1 saturated heterocycles. The second-order valence-corrected chi connectivity index (χ2v) is 8.46. The smallest absolute Gasteiger partial charge is 0.328 e. The molecule has 0 radical (unpaired) electrons. The molecule has 0 aliphatic carbocycles. The Balaban J connectivity index is 1.91.